The predicted octanol–water partition coefficient (Wildman–Crippen LogP) is 3.43. The summed E-state index contributed by atoms with van der Waals surface area (Å²) in [7, 11) is 0. The highest BCUT2D eigenvalue weighted by molar-refractivity contribution is 6.00. The highest BCUT2D eigenvalue weighted by Crippen LogP contribution is 2.32. The first-order valence-corrected chi connectivity index (χ1v) is 12.5. The summed E-state index contributed by atoms with van der Waals surface area (Å²) in [5, 5.41) is 18.4. The fourth-order valence-corrected chi connectivity index (χ4v) is 4.38. The van der Waals surface area contributed by atoms with Gasteiger partial charge in [0.15, 0.2) is 11.5 Å². The van der Waals surface area contributed by atoms with E-state index in [1.165, 1.54) is 6.08 Å². The Morgan fingerprint density at radius 1 is 1.24 bits per heavy atom. The smallest absolute Gasteiger partial charge is 0.292 e. The van der Waals surface area contributed by atoms with Gasteiger partial charge >= 0.3 is 0 Å². The Morgan fingerprint density at radius 3 is 2.74 bits per heavy atom. The van der Waals surface area contributed by atoms with Crippen LogP contribution in [0.1, 0.15) is 49.3 Å². The number of nitrogens with zero attached hydrogens (tertiary/aromatic N) is 5. The summed E-state index contributed by atoms with van der Waals surface area (Å²) in [6, 6.07) is 9.95. The third kappa shape index (κ3) is 5.13. The predicted molar refractivity (Wildman–Crippen MR) is 142 cm³/mol. The second-order valence-corrected chi connectivity index (χ2v) is 10.3. The molecule has 38 heavy (non-hydrogen) atoms. The van der Waals surface area contributed by atoms with E-state index < -0.39 is 5.91 Å². The van der Waals surface area contributed by atoms with Gasteiger partial charge in [-0.2, -0.15) is 10.1 Å². The molecule has 1 aromatic carbocycles. The van der Waals surface area contributed by atoms with E-state index in [1.54, 1.807) is 11.1 Å². The number of fused-ring (bicyclic) bond motifs is 1. The first-order chi connectivity index (χ1) is 18.2. The lowest BCUT2D eigenvalue weighted by Gasteiger charge is -2.15. The van der Waals surface area contributed by atoms with Crippen LogP contribution in [0.3, 0.4) is 0 Å². The number of aromatic nitrogens is 5. The maximum atomic E-state index is 12.5. The molecule has 196 valence electrons. The molecule has 3 aromatic heterocycles. The molecule has 11 nitrogen and oxygen atoms in total. The third-order valence-electron chi connectivity index (χ3n) is 6.47. The number of benzene rings is 1. The van der Waals surface area contributed by atoms with Crippen molar-refractivity contribution in [1.29, 1.82) is 0 Å². The summed E-state index contributed by atoms with van der Waals surface area (Å²) in [5.41, 5.74) is 3.23. The summed E-state index contributed by atoms with van der Waals surface area (Å²) in [4.78, 5) is 34.8. The van der Waals surface area contributed by atoms with Gasteiger partial charge in [-0.15, -0.1) is 0 Å². The fourth-order valence-electron chi connectivity index (χ4n) is 4.38. The van der Waals surface area contributed by atoms with Crippen molar-refractivity contribution in [3.05, 3.63) is 66.5 Å². The average molecular weight is 515 g/mol. The molecule has 1 saturated heterocycles. The largest absolute Gasteiger partial charge is 0.363 e. The Hall–Kier alpha value is -4.54. The number of hydrogen-bond acceptors (Lipinski definition) is 8. The van der Waals surface area contributed by atoms with Crippen LogP contribution >= 0.6 is 0 Å². The second kappa shape index (κ2) is 10.1. The number of rotatable bonds is 7. The van der Waals surface area contributed by atoms with Gasteiger partial charge in [0, 0.05) is 37.3 Å². The number of amides is 2. The van der Waals surface area contributed by atoms with E-state index in [-0.39, 0.29) is 23.2 Å². The van der Waals surface area contributed by atoms with Crippen molar-refractivity contribution >= 4 is 28.7 Å². The molecule has 4 aromatic rings. The van der Waals surface area contributed by atoms with Crippen LogP contribution in [0.5, 0.6) is 0 Å². The van der Waals surface area contributed by atoms with Gasteiger partial charge < -0.3 is 20.1 Å². The first-order valence-electron chi connectivity index (χ1n) is 12.5. The van der Waals surface area contributed by atoms with E-state index in [2.05, 4.69) is 42.5 Å². The van der Waals surface area contributed by atoms with Gasteiger partial charge in [-0.05, 0) is 35.3 Å². The molecule has 1 aliphatic heterocycles. The van der Waals surface area contributed by atoms with Gasteiger partial charge in [0.25, 0.3) is 11.7 Å². The number of H-pyrrole nitrogens is 1. The van der Waals surface area contributed by atoms with Crippen molar-refractivity contribution in [3.63, 3.8) is 0 Å². The molecule has 2 amide bonds. The number of carbonyl (C=O) groups excluding carboxylic acids is 2. The highest BCUT2D eigenvalue weighted by Gasteiger charge is 2.27. The van der Waals surface area contributed by atoms with Crippen LogP contribution in [0.2, 0.25) is 0 Å². The summed E-state index contributed by atoms with van der Waals surface area (Å²) >= 11 is 0. The number of carbonyl (C=O) groups is 2. The zero-order chi connectivity index (χ0) is 26.9. The number of anilines is 1. The molecule has 0 saturated carbocycles. The van der Waals surface area contributed by atoms with Crippen LogP contribution in [0.25, 0.3) is 22.2 Å². The summed E-state index contributed by atoms with van der Waals surface area (Å²) < 4.78 is 5.21. The Bertz CT molecular complexity index is 1480. The molecule has 0 unspecified atom stereocenters. The molecule has 1 fully saturated rings. The summed E-state index contributed by atoms with van der Waals surface area (Å²) in [5.74, 6) is 0.682. The zero-order valence-electron chi connectivity index (χ0n) is 21.6. The van der Waals surface area contributed by atoms with Crippen molar-refractivity contribution in [2.45, 2.75) is 45.2 Å². The number of nitrogens with one attached hydrogen (secondary N) is 3. The van der Waals surface area contributed by atoms with E-state index in [0.717, 1.165) is 28.5 Å². The maximum absolute atomic E-state index is 12.5. The van der Waals surface area contributed by atoms with Crippen molar-refractivity contribution in [1.82, 2.24) is 35.5 Å². The molecule has 5 rings (SSSR count). The van der Waals surface area contributed by atoms with Crippen LogP contribution in [0.15, 0.2) is 53.7 Å². The molecule has 0 spiro atoms. The molecule has 4 heterocycles. The first kappa shape index (κ1) is 25.1. The number of hydrogen-bond donors (Lipinski definition) is 3. The fraction of sp³-hybridized carbons (Fsp3) is 0.333. The minimum atomic E-state index is -0.390. The minimum Gasteiger partial charge on any atom is -0.363 e. The highest BCUT2D eigenvalue weighted by atomic mass is 16.5. The molecule has 11 heteroatoms. The lowest BCUT2D eigenvalue weighted by atomic mass is 9.97. The molecular formula is C27H30N8O3. The van der Waals surface area contributed by atoms with Crippen LogP contribution < -0.4 is 10.6 Å². The minimum absolute atomic E-state index is 0.0185. The molecular weight excluding hydrogens is 484 g/mol. The van der Waals surface area contributed by atoms with Crippen molar-refractivity contribution in [2.24, 2.45) is 0 Å². The van der Waals surface area contributed by atoms with Gasteiger partial charge in [-0.3, -0.25) is 14.7 Å². The van der Waals surface area contributed by atoms with Gasteiger partial charge in [-0.1, -0.05) is 56.8 Å². The Balaban J connectivity index is 1.28. The van der Waals surface area contributed by atoms with Crippen LogP contribution in [-0.4, -0.2) is 61.2 Å². The van der Waals surface area contributed by atoms with Crippen molar-refractivity contribution < 1.29 is 14.1 Å². The number of likely N-dealkylation sites (tertiary alicyclic amines) is 1. The van der Waals surface area contributed by atoms with E-state index >= 15 is 0 Å². The zero-order valence-corrected chi connectivity index (χ0v) is 21.6. The Kier molecular flexibility index (Phi) is 6.66. The number of pyridine rings is 1. The van der Waals surface area contributed by atoms with Crippen molar-refractivity contribution in [2.75, 3.05) is 18.4 Å². The molecule has 3 N–H and O–H groups in total. The van der Waals surface area contributed by atoms with Gasteiger partial charge in [-0.25, -0.2) is 4.98 Å². The van der Waals surface area contributed by atoms with E-state index in [0.29, 0.717) is 37.0 Å². The van der Waals surface area contributed by atoms with Crippen LogP contribution in [0.4, 0.5) is 5.82 Å². The van der Waals surface area contributed by atoms with E-state index in [1.807, 2.05) is 51.1 Å². The normalized spacial score (nSPS) is 15.6. The topological polar surface area (TPSA) is 142 Å². The standard InChI is InChI=1S/C27H30N8O3/c1-5-20(36)35-13-11-18(15-35)30-23-21-19(10-12-28-22(21)32-33-23)17-8-6-16(7-9-17)14-29-25(37)24-31-26(38-34-24)27(2,3)4/h5-10,12,18H,1,11,13-15H2,2-4H3,(H,29,37)(H2,28,30,32,33)/t18-/m1/s1. The molecule has 1 atom stereocenters. The lowest BCUT2D eigenvalue weighted by Crippen LogP contribution is -2.30. The van der Waals surface area contributed by atoms with Crippen LogP contribution in [0, 0.1) is 0 Å². The summed E-state index contributed by atoms with van der Waals surface area (Å²) in [6.07, 6.45) is 3.91. The summed E-state index contributed by atoms with van der Waals surface area (Å²) in [6.45, 7) is 11.0. The second-order valence-electron chi connectivity index (χ2n) is 10.3. The van der Waals surface area contributed by atoms with Gasteiger partial charge in [0.05, 0.1) is 5.39 Å². The van der Waals surface area contributed by atoms with Crippen molar-refractivity contribution in [3.8, 4) is 11.1 Å². The maximum Gasteiger partial charge on any atom is 0.292 e. The molecule has 0 radical (unpaired) electrons. The van der Waals surface area contributed by atoms with Crippen LogP contribution in [-0.2, 0) is 16.8 Å². The SMILES string of the molecule is C=CC(=O)N1CC[C@@H](Nc2n[nH]c3nccc(-c4ccc(CNC(=O)c5noc(C(C)(C)C)n5)cc4)c23)C1. The van der Waals surface area contributed by atoms with Gasteiger partial charge in [0.2, 0.25) is 11.8 Å². The molecule has 0 aliphatic carbocycles. The Labute approximate surface area is 219 Å². The monoisotopic (exact) mass is 514 g/mol. The average Bonchev–Trinajstić information content (AvgIpc) is 3.67. The third-order valence-corrected chi connectivity index (χ3v) is 6.47. The Morgan fingerprint density at radius 2 is 2.03 bits per heavy atom. The van der Waals surface area contributed by atoms with Gasteiger partial charge in [0.1, 0.15) is 0 Å². The molecule has 1 aliphatic rings. The van der Waals surface area contributed by atoms with E-state index in [4.69, 9.17) is 4.52 Å². The number of aromatic amines is 1. The quantitative estimate of drug-likeness (QED) is 0.319. The lowest BCUT2D eigenvalue weighted by molar-refractivity contribution is -0.125. The van der Waals surface area contributed by atoms with E-state index in [9.17, 15) is 9.59 Å². The molecule has 0 bridgehead atoms.